The van der Waals surface area contributed by atoms with E-state index in [-0.39, 0.29) is 11.8 Å². The van der Waals surface area contributed by atoms with E-state index in [4.69, 9.17) is 9.47 Å². The summed E-state index contributed by atoms with van der Waals surface area (Å²) in [5, 5.41) is 9.38. The largest absolute Gasteiger partial charge is 0.505 e. The number of aldehydes is 1. The molecule has 4 nitrogen and oxygen atoms in total. The number of carbonyl (C=O) groups excluding carboxylic acids is 1. The van der Waals surface area contributed by atoms with Crippen LogP contribution >= 0.6 is 0 Å². The summed E-state index contributed by atoms with van der Waals surface area (Å²) in [4.78, 5) is 11.2. The molecule has 1 aromatic rings. The molecule has 1 aliphatic rings. The predicted octanol–water partition coefficient (Wildman–Crippen LogP) is 3.18. The Morgan fingerprint density at radius 1 is 1.39 bits per heavy atom. The lowest BCUT2D eigenvalue weighted by atomic mass is 9.77. The molecule has 0 aliphatic carbocycles. The zero-order valence-electron chi connectivity index (χ0n) is 12.6. The molecule has 128 valence electrons. The van der Waals surface area contributed by atoms with Gasteiger partial charge in [-0.1, -0.05) is 13.0 Å². The number of alkyl halides is 3. The van der Waals surface area contributed by atoms with Gasteiger partial charge in [0.05, 0.1) is 7.11 Å². The Morgan fingerprint density at radius 2 is 2.00 bits per heavy atom. The second-order valence-corrected chi connectivity index (χ2v) is 5.66. The first-order chi connectivity index (χ1) is 10.6. The van der Waals surface area contributed by atoms with E-state index in [0.29, 0.717) is 0 Å². The third kappa shape index (κ3) is 2.54. The lowest BCUT2D eigenvalue weighted by Gasteiger charge is -2.32. The van der Waals surface area contributed by atoms with Crippen LogP contribution in [0.15, 0.2) is 12.1 Å². The van der Waals surface area contributed by atoms with E-state index in [0.717, 1.165) is 20.1 Å². The van der Waals surface area contributed by atoms with Gasteiger partial charge < -0.3 is 19.4 Å². The van der Waals surface area contributed by atoms with Gasteiger partial charge in [0.25, 0.3) is 0 Å². The number of ether oxygens (including phenoxy) is 2. The SMILES string of the molecule is COc1c([C@H]2C(C=O)O[C@@](C)(C(F)(F)F)[C@H]2C)ccc(O)c1F. The average Bonchev–Trinajstić information content (AvgIpc) is 2.74. The highest BCUT2D eigenvalue weighted by Gasteiger charge is 2.64. The zero-order chi connectivity index (χ0) is 17.6. The fourth-order valence-corrected chi connectivity index (χ4v) is 3.00. The van der Waals surface area contributed by atoms with Crippen LogP contribution in [0, 0.1) is 11.7 Å². The molecule has 0 bridgehead atoms. The van der Waals surface area contributed by atoms with Gasteiger partial charge in [0, 0.05) is 17.4 Å². The minimum Gasteiger partial charge on any atom is -0.505 e. The number of phenols is 1. The summed E-state index contributed by atoms with van der Waals surface area (Å²) in [6.07, 6.45) is -5.84. The number of hydrogen-bond donors (Lipinski definition) is 1. The van der Waals surface area contributed by atoms with Crippen LogP contribution in [0.4, 0.5) is 17.6 Å². The number of phenolic OH excluding ortho intramolecular Hbond substituents is 1. The molecular weight excluding hydrogens is 320 g/mol. The Bertz CT molecular complexity index is 616. The number of rotatable bonds is 3. The van der Waals surface area contributed by atoms with Crippen molar-refractivity contribution >= 4 is 6.29 Å². The first-order valence-electron chi connectivity index (χ1n) is 6.83. The van der Waals surface area contributed by atoms with Gasteiger partial charge in [-0.2, -0.15) is 17.6 Å². The van der Waals surface area contributed by atoms with Crippen molar-refractivity contribution in [2.45, 2.75) is 37.6 Å². The molecule has 1 aromatic carbocycles. The third-order valence-corrected chi connectivity index (χ3v) is 4.51. The highest BCUT2D eigenvalue weighted by Crippen LogP contribution is 2.54. The Labute approximate surface area is 130 Å². The standard InChI is InChI=1S/C15H16F4O4/c1-7-11(8-4-5-9(21)12(16)13(8)22-3)10(6-20)23-14(7,2)15(17,18)19/h4-7,10-11,21H,1-3H3/t7-,10?,11-,14+/m0/s1. The Balaban J connectivity index is 2.59. The van der Waals surface area contributed by atoms with Crippen molar-refractivity contribution in [3.05, 3.63) is 23.5 Å². The van der Waals surface area contributed by atoms with Gasteiger partial charge >= 0.3 is 6.18 Å². The minimum atomic E-state index is -4.70. The molecule has 8 heteroatoms. The Kier molecular flexibility index (Phi) is 4.32. The van der Waals surface area contributed by atoms with E-state index in [1.807, 2.05) is 0 Å². The van der Waals surface area contributed by atoms with E-state index >= 15 is 0 Å². The maximum Gasteiger partial charge on any atom is 0.417 e. The third-order valence-electron chi connectivity index (χ3n) is 4.51. The zero-order valence-corrected chi connectivity index (χ0v) is 12.6. The van der Waals surface area contributed by atoms with Crippen molar-refractivity contribution in [2.75, 3.05) is 7.11 Å². The van der Waals surface area contributed by atoms with E-state index in [1.54, 1.807) is 0 Å². The van der Waals surface area contributed by atoms with Crippen LogP contribution in [0.1, 0.15) is 25.3 Å². The second kappa shape index (κ2) is 5.67. The average molecular weight is 336 g/mol. The van der Waals surface area contributed by atoms with Crippen LogP contribution in [0.25, 0.3) is 0 Å². The van der Waals surface area contributed by atoms with Crippen molar-refractivity contribution in [3.8, 4) is 11.5 Å². The normalized spacial score (nSPS) is 31.2. The molecule has 4 atom stereocenters. The maximum absolute atomic E-state index is 14.0. The quantitative estimate of drug-likeness (QED) is 0.680. The molecule has 0 spiro atoms. The van der Waals surface area contributed by atoms with Crippen LogP contribution in [-0.4, -0.2) is 36.4 Å². The molecule has 0 radical (unpaired) electrons. The topological polar surface area (TPSA) is 55.8 Å². The first kappa shape index (κ1) is 17.5. The van der Waals surface area contributed by atoms with Crippen molar-refractivity contribution < 1.29 is 36.9 Å². The molecule has 1 fully saturated rings. The Hall–Kier alpha value is -1.83. The minimum absolute atomic E-state index is 0.0420. The monoisotopic (exact) mass is 336 g/mol. The predicted molar refractivity (Wildman–Crippen MR) is 71.9 cm³/mol. The lowest BCUT2D eigenvalue weighted by molar-refractivity contribution is -0.271. The van der Waals surface area contributed by atoms with E-state index in [2.05, 4.69) is 0 Å². The molecule has 1 aliphatic heterocycles. The van der Waals surface area contributed by atoms with Crippen molar-refractivity contribution in [1.82, 2.24) is 0 Å². The molecule has 1 saturated heterocycles. The van der Waals surface area contributed by atoms with Crippen LogP contribution in [0.3, 0.4) is 0 Å². The van der Waals surface area contributed by atoms with Gasteiger partial charge in [-0.25, -0.2) is 0 Å². The van der Waals surface area contributed by atoms with Gasteiger partial charge in [-0.05, 0) is 13.0 Å². The van der Waals surface area contributed by atoms with Gasteiger partial charge in [0.2, 0.25) is 5.82 Å². The number of halogens is 4. The lowest BCUT2D eigenvalue weighted by Crippen LogP contribution is -2.47. The summed E-state index contributed by atoms with van der Waals surface area (Å²) in [6.45, 7) is 2.14. The molecule has 2 rings (SSSR count). The molecule has 0 amide bonds. The summed E-state index contributed by atoms with van der Waals surface area (Å²) in [6, 6.07) is 2.24. The maximum atomic E-state index is 14.0. The van der Waals surface area contributed by atoms with Gasteiger partial charge in [0.1, 0.15) is 12.4 Å². The fraction of sp³-hybridized carbons (Fsp3) is 0.533. The van der Waals surface area contributed by atoms with Crippen LogP contribution in [0.2, 0.25) is 0 Å². The van der Waals surface area contributed by atoms with Crippen molar-refractivity contribution in [1.29, 1.82) is 0 Å². The molecular formula is C15H16F4O4. The number of aromatic hydroxyl groups is 1. The molecule has 1 N–H and O–H groups in total. The summed E-state index contributed by atoms with van der Waals surface area (Å²) >= 11 is 0. The molecule has 0 saturated carbocycles. The smallest absolute Gasteiger partial charge is 0.417 e. The molecule has 0 aromatic heterocycles. The van der Waals surface area contributed by atoms with Crippen LogP contribution in [-0.2, 0) is 9.53 Å². The first-order valence-corrected chi connectivity index (χ1v) is 6.83. The highest BCUT2D eigenvalue weighted by molar-refractivity contribution is 5.61. The van der Waals surface area contributed by atoms with E-state index in [9.17, 15) is 27.5 Å². The van der Waals surface area contributed by atoms with Crippen molar-refractivity contribution in [3.63, 3.8) is 0 Å². The molecule has 1 unspecified atom stereocenters. The van der Waals surface area contributed by atoms with Crippen LogP contribution < -0.4 is 4.74 Å². The van der Waals surface area contributed by atoms with Gasteiger partial charge in [-0.3, -0.25) is 0 Å². The summed E-state index contributed by atoms with van der Waals surface area (Å²) in [5.41, 5.74) is -2.51. The van der Waals surface area contributed by atoms with Crippen molar-refractivity contribution in [2.24, 2.45) is 5.92 Å². The summed E-state index contributed by atoms with van der Waals surface area (Å²) in [7, 11) is 1.13. The second-order valence-electron chi connectivity index (χ2n) is 5.66. The molecule has 23 heavy (non-hydrogen) atoms. The fourth-order valence-electron chi connectivity index (χ4n) is 3.00. The summed E-state index contributed by atoms with van der Waals surface area (Å²) in [5.74, 6) is -4.43. The number of benzene rings is 1. The molecule has 1 heterocycles. The van der Waals surface area contributed by atoms with E-state index < -0.39 is 47.0 Å². The summed E-state index contributed by atoms with van der Waals surface area (Å²) < 4.78 is 63.8. The highest BCUT2D eigenvalue weighted by atomic mass is 19.4. The van der Waals surface area contributed by atoms with Crippen LogP contribution in [0.5, 0.6) is 11.5 Å². The van der Waals surface area contributed by atoms with Gasteiger partial charge in [0.15, 0.2) is 17.1 Å². The van der Waals surface area contributed by atoms with E-state index in [1.165, 1.54) is 13.0 Å². The number of methoxy groups -OCH3 is 1. The number of carbonyl (C=O) groups is 1. The number of hydrogen-bond acceptors (Lipinski definition) is 4. The Morgan fingerprint density at radius 3 is 2.48 bits per heavy atom. The van der Waals surface area contributed by atoms with Gasteiger partial charge in [-0.15, -0.1) is 0 Å².